The minimum absolute atomic E-state index is 0.421. The summed E-state index contributed by atoms with van der Waals surface area (Å²) in [6.45, 7) is 0.906. The van der Waals surface area contributed by atoms with E-state index in [2.05, 4.69) is 22.8 Å². The first kappa shape index (κ1) is 11.3. The molecule has 0 radical (unpaired) electrons. The van der Waals surface area contributed by atoms with Crippen LogP contribution in [0.15, 0.2) is 23.6 Å². The van der Waals surface area contributed by atoms with Gasteiger partial charge in [0.1, 0.15) is 0 Å². The van der Waals surface area contributed by atoms with Gasteiger partial charge in [0.15, 0.2) is 0 Å². The van der Waals surface area contributed by atoms with Gasteiger partial charge in [-0.25, -0.2) is 0 Å². The average molecular weight is 271 g/mol. The Bertz CT molecular complexity index is 647. The van der Waals surface area contributed by atoms with Crippen LogP contribution in [-0.4, -0.2) is 6.04 Å². The van der Waals surface area contributed by atoms with Crippen molar-refractivity contribution in [1.82, 2.24) is 5.32 Å². The van der Waals surface area contributed by atoms with E-state index in [1.165, 1.54) is 28.7 Å². The van der Waals surface area contributed by atoms with Gasteiger partial charge in [0, 0.05) is 29.8 Å². The van der Waals surface area contributed by atoms with Crippen molar-refractivity contribution in [2.45, 2.75) is 31.3 Å². The lowest BCUT2D eigenvalue weighted by molar-refractivity contribution is 0.396. The standard InChI is InChI=1S/C15H17N3S/c16-9-3-1-8-2-4-13-14(10(8)5-9)12-7-19-15(17)11(12)6-18-13/h1,3,5,7,13-14,18H,2,4,6,16-17H2/t13?,14-/m0/s1. The molecule has 0 bridgehead atoms. The minimum atomic E-state index is 0.421. The Balaban J connectivity index is 1.92. The summed E-state index contributed by atoms with van der Waals surface area (Å²) in [4.78, 5) is 0. The van der Waals surface area contributed by atoms with Gasteiger partial charge in [-0.15, -0.1) is 11.3 Å². The van der Waals surface area contributed by atoms with Crippen molar-refractivity contribution in [3.8, 4) is 0 Å². The number of benzene rings is 1. The third kappa shape index (κ3) is 1.60. The number of hydrogen-bond acceptors (Lipinski definition) is 4. The zero-order valence-electron chi connectivity index (χ0n) is 10.6. The fourth-order valence-corrected chi connectivity index (χ4v) is 4.40. The van der Waals surface area contributed by atoms with Gasteiger partial charge >= 0.3 is 0 Å². The first-order valence-electron chi connectivity index (χ1n) is 6.71. The van der Waals surface area contributed by atoms with Gasteiger partial charge in [0.25, 0.3) is 0 Å². The van der Waals surface area contributed by atoms with E-state index >= 15 is 0 Å². The summed E-state index contributed by atoms with van der Waals surface area (Å²) < 4.78 is 0. The van der Waals surface area contributed by atoms with Gasteiger partial charge in [0.05, 0.1) is 5.00 Å². The number of fused-ring (bicyclic) bond motifs is 5. The summed E-state index contributed by atoms with van der Waals surface area (Å²) in [5, 5.41) is 6.84. The summed E-state index contributed by atoms with van der Waals surface area (Å²) >= 11 is 1.66. The van der Waals surface area contributed by atoms with E-state index in [0.717, 1.165) is 23.7 Å². The van der Waals surface area contributed by atoms with Crippen LogP contribution in [0.3, 0.4) is 0 Å². The Morgan fingerprint density at radius 3 is 3.00 bits per heavy atom. The maximum Gasteiger partial charge on any atom is 0.0905 e. The molecule has 1 aliphatic heterocycles. The highest BCUT2D eigenvalue weighted by Crippen LogP contribution is 2.44. The van der Waals surface area contributed by atoms with Gasteiger partial charge in [-0.3, -0.25) is 0 Å². The summed E-state index contributed by atoms with van der Waals surface area (Å²) in [6, 6.07) is 6.87. The second kappa shape index (κ2) is 3.99. The Labute approximate surface area is 116 Å². The second-order valence-corrected chi connectivity index (χ2v) is 6.41. The van der Waals surface area contributed by atoms with Gasteiger partial charge in [0.2, 0.25) is 0 Å². The highest BCUT2D eigenvalue weighted by Gasteiger charge is 2.36. The first-order chi connectivity index (χ1) is 9.24. The SMILES string of the molecule is Nc1ccc2c(c1)[C@H]1c3csc(N)c3CNC1CC2. The highest BCUT2D eigenvalue weighted by molar-refractivity contribution is 7.14. The van der Waals surface area contributed by atoms with Crippen molar-refractivity contribution in [3.63, 3.8) is 0 Å². The van der Waals surface area contributed by atoms with Crippen LogP contribution in [0.4, 0.5) is 10.7 Å². The fourth-order valence-electron chi connectivity index (χ4n) is 3.52. The lowest BCUT2D eigenvalue weighted by Crippen LogP contribution is -2.42. The zero-order valence-corrected chi connectivity index (χ0v) is 11.5. The van der Waals surface area contributed by atoms with Crippen LogP contribution in [0.5, 0.6) is 0 Å². The predicted octanol–water partition coefficient (Wildman–Crippen LogP) is 2.46. The molecule has 2 heterocycles. The Morgan fingerprint density at radius 1 is 1.21 bits per heavy atom. The van der Waals surface area contributed by atoms with E-state index < -0.39 is 0 Å². The molecular weight excluding hydrogens is 254 g/mol. The molecule has 3 nitrogen and oxygen atoms in total. The summed E-state index contributed by atoms with van der Waals surface area (Å²) in [5.41, 5.74) is 18.5. The molecule has 0 fully saturated rings. The van der Waals surface area contributed by atoms with E-state index in [-0.39, 0.29) is 0 Å². The molecule has 98 valence electrons. The smallest absolute Gasteiger partial charge is 0.0905 e. The molecule has 1 unspecified atom stereocenters. The molecule has 1 aromatic heterocycles. The monoisotopic (exact) mass is 271 g/mol. The maximum absolute atomic E-state index is 6.09. The quantitative estimate of drug-likeness (QED) is 0.645. The molecule has 0 saturated heterocycles. The molecule has 19 heavy (non-hydrogen) atoms. The molecule has 2 aliphatic rings. The van der Waals surface area contributed by atoms with E-state index in [4.69, 9.17) is 11.5 Å². The predicted molar refractivity (Wildman–Crippen MR) is 80.4 cm³/mol. The van der Waals surface area contributed by atoms with Crippen molar-refractivity contribution in [3.05, 3.63) is 45.8 Å². The Hall–Kier alpha value is -1.52. The minimum Gasteiger partial charge on any atom is -0.399 e. The molecule has 2 atom stereocenters. The van der Waals surface area contributed by atoms with Gasteiger partial charge in [-0.05, 0) is 47.0 Å². The topological polar surface area (TPSA) is 64.1 Å². The number of thiophene rings is 1. The lowest BCUT2D eigenvalue weighted by Gasteiger charge is -2.38. The highest BCUT2D eigenvalue weighted by atomic mass is 32.1. The molecule has 2 aromatic rings. The van der Waals surface area contributed by atoms with Gasteiger partial charge < -0.3 is 16.8 Å². The van der Waals surface area contributed by atoms with Crippen molar-refractivity contribution >= 4 is 22.0 Å². The lowest BCUT2D eigenvalue weighted by atomic mass is 9.73. The normalized spacial score (nSPS) is 24.4. The molecule has 5 N–H and O–H groups in total. The summed E-state index contributed by atoms with van der Waals surface area (Å²) in [6.07, 6.45) is 2.33. The van der Waals surface area contributed by atoms with Crippen LogP contribution in [0.25, 0.3) is 0 Å². The molecule has 0 spiro atoms. The molecule has 4 heteroatoms. The largest absolute Gasteiger partial charge is 0.399 e. The Morgan fingerprint density at radius 2 is 2.11 bits per heavy atom. The third-order valence-electron chi connectivity index (χ3n) is 4.47. The van der Waals surface area contributed by atoms with Crippen LogP contribution >= 0.6 is 11.3 Å². The van der Waals surface area contributed by atoms with Gasteiger partial charge in [-0.2, -0.15) is 0 Å². The van der Waals surface area contributed by atoms with E-state index in [0.29, 0.717) is 12.0 Å². The van der Waals surface area contributed by atoms with Crippen LogP contribution in [-0.2, 0) is 13.0 Å². The number of rotatable bonds is 0. The van der Waals surface area contributed by atoms with Crippen molar-refractivity contribution < 1.29 is 0 Å². The second-order valence-electron chi connectivity index (χ2n) is 5.50. The van der Waals surface area contributed by atoms with E-state index in [1.807, 2.05) is 6.07 Å². The van der Waals surface area contributed by atoms with Crippen LogP contribution in [0, 0.1) is 0 Å². The van der Waals surface area contributed by atoms with Crippen LogP contribution < -0.4 is 16.8 Å². The van der Waals surface area contributed by atoms with E-state index in [1.54, 1.807) is 11.3 Å². The van der Waals surface area contributed by atoms with E-state index in [9.17, 15) is 0 Å². The number of nitrogen functional groups attached to an aromatic ring is 2. The van der Waals surface area contributed by atoms with Crippen LogP contribution in [0.2, 0.25) is 0 Å². The molecule has 1 aromatic carbocycles. The van der Waals surface area contributed by atoms with Crippen molar-refractivity contribution in [2.24, 2.45) is 0 Å². The number of anilines is 2. The maximum atomic E-state index is 6.09. The number of hydrogen-bond donors (Lipinski definition) is 3. The molecule has 1 aliphatic carbocycles. The molecule has 0 amide bonds. The zero-order chi connectivity index (χ0) is 13.0. The van der Waals surface area contributed by atoms with Crippen molar-refractivity contribution in [1.29, 1.82) is 0 Å². The third-order valence-corrected chi connectivity index (χ3v) is 5.34. The fraction of sp³-hybridized carbons (Fsp3) is 0.333. The molecule has 4 rings (SSSR count). The number of nitrogens with two attached hydrogens (primary N) is 2. The molecule has 0 saturated carbocycles. The van der Waals surface area contributed by atoms with Gasteiger partial charge in [-0.1, -0.05) is 6.07 Å². The van der Waals surface area contributed by atoms with Crippen LogP contribution in [0.1, 0.15) is 34.6 Å². The average Bonchev–Trinajstić information content (AvgIpc) is 2.80. The molecular formula is C15H17N3S. The van der Waals surface area contributed by atoms with Crippen molar-refractivity contribution in [2.75, 3.05) is 11.5 Å². The summed E-state index contributed by atoms with van der Waals surface area (Å²) in [5.74, 6) is 0.421. The first-order valence-corrected chi connectivity index (χ1v) is 7.59. The summed E-state index contributed by atoms with van der Waals surface area (Å²) in [7, 11) is 0. The number of aryl methyl sites for hydroxylation is 1. The number of nitrogens with one attached hydrogen (secondary N) is 1. The Kier molecular flexibility index (Phi) is 2.37.